The van der Waals surface area contributed by atoms with E-state index in [1.165, 1.54) is 13.2 Å². The van der Waals surface area contributed by atoms with Gasteiger partial charge in [-0.05, 0) is 69.6 Å². The van der Waals surface area contributed by atoms with Gasteiger partial charge in [-0.15, -0.1) is 0 Å². The van der Waals surface area contributed by atoms with Crippen molar-refractivity contribution >= 4 is 17.7 Å². The van der Waals surface area contributed by atoms with Crippen molar-refractivity contribution in [3.8, 4) is 11.5 Å². The lowest BCUT2D eigenvalue weighted by atomic mass is 9.69. The maximum Gasteiger partial charge on any atom is 0.337 e. The molecule has 8 nitrogen and oxygen atoms in total. The number of benzene rings is 1. The van der Waals surface area contributed by atoms with E-state index in [0.717, 1.165) is 25.7 Å². The third-order valence-electron chi connectivity index (χ3n) is 7.16. The molecule has 2 N–H and O–H groups in total. The number of carbonyl (C=O) groups excluding carboxylic acids is 3. The van der Waals surface area contributed by atoms with Crippen molar-refractivity contribution < 1.29 is 33.7 Å². The Bertz CT molecular complexity index is 1100. The van der Waals surface area contributed by atoms with Gasteiger partial charge in [0.25, 0.3) is 0 Å². The molecule has 1 aromatic carbocycles. The Labute approximate surface area is 205 Å². The fraction of sp³-hybridized carbons (Fsp3) is 0.519. The minimum atomic E-state index is -0.961. The molecule has 0 bridgehead atoms. The van der Waals surface area contributed by atoms with Gasteiger partial charge in [0.05, 0.1) is 19.3 Å². The molecule has 0 aromatic heterocycles. The molecule has 1 aromatic rings. The van der Waals surface area contributed by atoms with Crippen molar-refractivity contribution in [3.05, 3.63) is 46.3 Å². The van der Waals surface area contributed by atoms with Crippen LogP contribution >= 0.6 is 0 Å². The molecule has 188 valence electrons. The van der Waals surface area contributed by atoms with Crippen LogP contribution in [0.3, 0.4) is 0 Å². The van der Waals surface area contributed by atoms with Gasteiger partial charge < -0.3 is 24.6 Å². The monoisotopic (exact) mass is 483 g/mol. The third kappa shape index (κ3) is 4.66. The number of nitrogens with one attached hydrogen (secondary N) is 1. The number of esters is 2. The number of allylic oxidation sites excluding steroid dienone is 3. The molecule has 0 saturated heterocycles. The number of phenolic OH excluding ortho intramolecular Hbond substituents is 1. The fourth-order valence-corrected chi connectivity index (χ4v) is 5.49. The predicted molar refractivity (Wildman–Crippen MR) is 128 cm³/mol. The van der Waals surface area contributed by atoms with E-state index in [4.69, 9.17) is 14.2 Å². The first-order chi connectivity index (χ1) is 16.8. The lowest BCUT2D eigenvalue weighted by Crippen LogP contribution is -2.43. The summed E-state index contributed by atoms with van der Waals surface area (Å²) in [5, 5.41) is 13.5. The summed E-state index contributed by atoms with van der Waals surface area (Å²) in [7, 11) is 1.27. The van der Waals surface area contributed by atoms with Gasteiger partial charge in [-0.3, -0.25) is 9.59 Å². The van der Waals surface area contributed by atoms with Gasteiger partial charge in [-0.1, -0.05) is 13.0 Å². The zero-order valence-corrected chi connectivity index (χ0v) is 20.7. The summed E-state index contributed by atoms with van der Waals surface area (Å²) in [4.78, 5) is 39.9. The minimum absolute atomic E-state index is 0.0365. The van der Waals surface area contributed by atoms with E-state index in [0.29, 0.717) is 41.1 Å². The van der Waals surface area contributed by atoms with Crippen molar-refractivity contribution in [2.45, 2.75) is 64.9 Å². The number of ketones is 1. The van der Waals surface area contributed by atoms with Crippen LogP contribution in [-0.4, -0.2) is 42.6 Å². The number of Topliss-reactive ketones (excluding diaryl/α,β-unsaturated/α-hetero) is 1. The summed E-state index contributed by atoms with van der Waals surface area (Å²) in [5.41, 5.74) is 2.59. The van der Waals surface area contributed by atoms with Crippen LogP contribution in [0.4, 0.5) is 0 Å². The van der Waals surface area contributed by atoms with Crippen molar-refractivity contribution in [2.75, 3.05) is 13.7 Å². The fourth-order valence-electron chi connectivity index (χ4n) is 5.49. The molecule has 3 aliphatic rings. The van der Waals surface area contributed by atoms with Gasteiger partial charge in [0.2, 0.25) is 0 Å². The molecule has 1 aliphatic heterocycles. The first kappa shape index (κ1) is 24.8. The molecule has 3 unspecified atom stereocenters. The van der Waals surface area contributed by atoms with Gasteiger partial charge in [0, 0.05) is 22.9 Å². The number of ether oxygens (including phenoxy) is 3. The maximum atomic E-state index is 13.8. The number of carbonyl (C=O) groups is 3. The quantitative estimate of drug-likeness (QED) is 0.463. The van der Waals surface area contributed by atoms with Crippen LogP contribution in [0.25, 0.3) is 0 Å². The standard InChI is InChI=1S/C27H33NO7/c1-5-34-20-13-16(10-11-19(20)29)23-22(27(32)35-17-8-6-7-9-17)15(3)28-18-12-14(2)21(26(31)33-4)25(30)24(18)23/h10-11,13-14,17,21,23,28-29H,5-9,12H2,1-4H3. The first-order valence-electron chi connectivity index (χ1n) is 12.3. The molecule has 2 aliphatic carbocycles. The average molecular weight is 484 g/mol. The number of phenols is 1. The molecule has 4 rings (SSSR count). The summed E-state index contributed by atoms with van der Waals surface area (Å²) in [6.45, 7) is 5.78. The molecule has 1 fully saturated rings. The van der Waals surface area contributed by atoms with E-state index in [9.17, 15) is 19.5 Å². The molecule has 8 heteroatoms. The second-order valence-corrected chi connectivity index (χ2v) is 9.51. The van der Waals surface area contributed by atoms with Crippen molar-refractivity contribution in [1.82, 2.24) is 5.32 Å². The zero-order valence-electron chi connectivity index (χ0n) is 20.7. The Balaban J connectivity index is 1.84. The number of hydrogen-bond acceptors (Lipinski definition) is 8. The third-order valence-corrected chi connectivity index (χ3v) is 7.16. The Kier molecular flexibility index (Phi) is 7.19. The molecular formula is C27H33NO7. The van der Waals surface area contributed by atoms with Crippen LogP contribution in [0.1, 0.15) is 64.4 Å². The van der Waals surface area contributed by atoms with Crippen LogP contribution in [-0.2, 0) is 23.9 Å². The molecule has 1 heterocycles. The van der Waals surface area contributed by atoms with Crippen molar-refractivity contribution in [3.63, 3.8) is 0 Å². The maximum absolute atomic E-state index is 13.8. The molecule has 0 radical (unpaired) electrons. The smallest absolute Gasteiger partial charge is 0.337 e. The second-order valence-electron chi connectivity index (χ2n) is 9.51. The summed E-state index contributed by atoms with van der Waals surface area (Å²) < 4.78 is 16.4. The van der Waals surface area contributed by atoms with Crippen LogP contribution in [0.2, 0.25) is 0 Å². The summed E-state index contributed by atoms with van der Waals surface area (Å²) in [6.07, 6.45) is 3.97. The predicted octanol–water partition coefficient (Wildman–Crippen LogP) is 3.89. The van der Waals surface area contributed by atoms with Crippen LogP contribution in [0, 0.1) is 11.8 Å². The Hall–Kier alpha value is -3.29. The van der Waals surface area contributed by atoms with E-state index in [1.807, 2.05) is 6.92 Å². The summed E-state index contributed by atoms with van der Waals surface area (Å²) in [6, 6.07) is 4.81. The van der Waals surface area contributed by atoms with Crippen molar-refractivity contribution in [1.29, 1.82) is 0 Å². The van der Waals surface area contributed by atoms with E-state index < -0.39 is 23.8 Å². The Morgan fingerprint density at radius 2 is 1.91 bits per heavy atom. The molecule has 3 atom stereocenters. The lowest BCUT2D eigenvalue weighted by molar-refractivity contribution is -0.151. The first-order valence-corrected chi connectivity index (χ1v) is 12.3. The number of methoxy groups -OCH3 is 1. The molecule has 35 heavy (non-hydrogen) atoms. The molecular weight excluding hydrogens is 450 g/mol. The average Bonchev–Trinajstić information content (AvgIpc) is 3.32. The van der Waals surface area contributed by atoms with Crippen molar-refractivity contribution in [2.24, 2.45) is 11.8 Å². The largest absolute Gasteiger partial charge is 0.504 e. The van der Waals surface area contributed by atoms with Crippen LogP contribution in [0.15, 0.2) is 40.7 Å². The Morgan fingerprint density at radius 3 is 2.57 bits per heavy atom. The summed E-state index contributed by atoms with van der Waals surface area (Å²) in [5.74, 6) is -3.21. The van der Waals surface area contributed by atoms with Gasteiger partial charge in [-0.2, -0.15) is 0 Å². The van der Waals surface area contributed by atoms with E-state index in [1.54, 1.807) is 26.0 Å². The zero-order chi connectivity index (χ0) is 25.3. The topological polar surface area (TPSA) is 111 Å². The SMILES string of the molecule is CCOc1cc(C2C(C(=O)OC3CCCC3)=C(C)NC3=C2C(=O)C(C(=O)OC)C(C)C3)ccc1O. The molecule has 1 saturated carbocycles. The number of rotatable bonds is 6. The van der Waals surface area contributed by atoms with Gasteiger partial charge in [0.1, 0.15) is 12.0 Å². The second kappa shape index (κ2) is 10.1. The highest BCUT2D eigenvalue weighted by Gasteiger charge is 2.47. The summed E-state index contributed by atoms with van der Waals surface area (Å²) >= 11 is 0. The molecule has 0 spiro atoms. The highest BCUT2D eigenvalue weighted by atomic mass is 16.5. The van der Waals surface area contributed by atoms with Crippen LogP contribution in [0.5, 0.6) is 11.5 Å². The molecule has 0 amide bonds. The van der Waals surface area contributed by atoms with E-state index in [-0.39, 0.29) is 29.3 Å². The van der Waals surface area contributed by atoms with Crippen LogP contribution < -0.4 is 10.1 Å². The van der Waals surface area contributed by atoms with Gasteiger partial charge >= 0.3 is 11.9 Å². The number of hydrogen-bond donors (Lipinski definition) is 2. The highest BCUT2D eigenvalue weighted by Crippen LogP contribution is 2.47. The van der Waals surface area contributed by atoms with E-state index >= 15 is 0 Å². The Morgan fingerprint density at radius 1 is 1.20 bits per heavy atom. The normalized spacial score (nSPS) is 24.7. The minimum Gasteiger partial charge on any atom is -0.504 e. The van der Waals surface area contributed by atoms with Gasteiger partial charge in [0.15, 0.2) is 17.3 Å². The van der Waals surface area contributed by atoms with E-state index in [2.05, 4.69) is 5.32 Å². The highest BCUT2D eigenvalue weighted by molar-refractivity contribution is 6.12. The number of dihydropyridines is 1. The number of aromatic hydroxyl groups is 1. The lowest BCUT2D eigenvalue weighted by Gasteiger charge is -2.38. The van der Waals surface area contributed by atoms with Gasteiger partial charge in [-0.25, -0.2) is 4.79 Å².